The van der Waals surface area contributed by atoms with E-state index < -0.39 is 38.8 Å². The molecule has 2 amide bonds. The summed E-state index contributed by atoms with van der Waals surface area (Å²) in [5.41, 5.74) is 1.72. The zero-order valence-electron chi connectivity index (χ0n) is 24.5. The molecule has 16 heteroatoms. The molecule has 44 heavy (non-hydrogen) atoms. The van der Waals surface area contributed by atoms with Gasteiger partial charge in [0.1, 0.15) is 10.6 Å². The molecule has 1 aromatic carbocycles. The van der Waals surface area contributed by atoms with Crippen molar-refractivity contribution in [2.24, 2.45) is 0 Å². The fraction of sp³-hybridized carbons (Fsp3) is 0.429. The number of sulfonamides is 1. The average Bonchev–Trinajstić information content (AvgIpc) is 3.47. The van der Waals surface area contributed by atoms with Crippen LogP contribution in [0, 0.1) is 17.0 Å². The molecule has 2 aromatic heterocycles. The summed E-state index contributed by atoms with van der Waals surface area (Å²) in [6, 6.07) is 4.26. The summed E-state index contributed by atoms with van der Waals surface area (Å²) in [6.45, 7) is 7.91. The summed E-state index contributed by atoms with van der Waals surface area (Å²) in [4.78, 5) is 38.8. The van der Waals surface area contributed by atoms with Gasteiger partial charge in [-0.2, -0.15) is 4.31 Å². The molecule has 4 heterocycles. The molecule has 1 unspecified atom stereocenters. The van der Waals surface area contributed by atoms with Crippen molar-refractivity contribution in [3.05, 3.63) is 71.3 Å². The van der Waals surface area contributed by atoms with Crippen LogP contribution in [-0.4, -0.2) is 53.5 Å². The van der Waals surface area contributed by atoms with Crippen molar-refractivity contribution in [1.29, 1.82) is 0 Å². The van der Waals surface area contributed by atoms with Gasteiger partial charge in [-0.05, 0) is 69.4 Å². The number of aliphatic hydroxyl groups excluding tert-OH is 1. The second-order valence-electron chi connectivity index (χ2n) is 11.3. The standard InChI is InChI=1S/C28H32N4O9S3/c1-15-20(18-9-11-31(14-21(18)42-15)44(38,39)17-7-5-16(6-8-17)32(36)37)13-29-27(35)30-24-22(25(33)41-28(2,3)4)19-10-12-40-26(34)23(19)43-24/h5-8,26,34H,9-14H2,1-4H3,(H2,29,30,35). The number of nitrogens with one attached hydrogen (secondary N) is 2. The van der Waals surface area contributed by atoms with Crippen LogP contribution in [0.3, 0.4) is 0 Å². The van der Waals surface area contributed by atoms with E-state index in [0.29, 0.717) is 23.3 Å². The number of nitro groups is 1. The number of hydrogen-bond acceptors (Lipinski definition) is 11. The number of nitro benzene ring substituents is 1. The minimum atomic E-state index is -3.87. The Morgan fingerprint density at radius 1 is 1.18 bits per heavy atom. The Kier molecular flexibility index (Phi) is 8.85. The first-order valence-electron chi connectivity index (χ1n) is 13.7. The van der Waals surface area contributed by atoms with Crippen LogP contribution in [0.5, 0.6) is 0 Å². The molecule has 0 aliphatic carbocycles. The van der Waals surface area contributed by atoms with Crippen LogP contribution in [0.25, 0.3) is 0 Å². The van der Waals surface area contributed by atoms with Crippen molar-refractivity contribution in [1.82, 2.24) is 9.62 Å². The number of thiophene rings is 2. The number of carbonyl (C=O) groups is 2. The van der Waals surface area contributed by atoms with Crippen LogP contribution >= 0.6 is 22.7 Å². The van der Waals surface area contributed by atoms with E-state index in [2.05, 4.69) is 10.6 Å². The Balaban J connectivity index is 1.29. The zero-order chi connectivity index (χ0) is 32.0. The van der Waals surface area contributed by atoms with Gasteiger partial charge in [0.2, 0.25) is 10.0 Å². The molecule has 1 atom stereocenters. The molecule has 0 bridgehead atoms. The third-order valence-corrected chi connectivity index (χ3v) is 11.4. The normalized spacial score (nSPS) is 17.0. The molecule has 3 N–H and O–H groups in total. The summed E-state index contributed by atoms with van der Waals surface area (Å²) in [5, 5.41) is 27.1. The lowest BCUT2D eigenvalue weighted by Crippen LogP contribution is -2.36. The molecule has 0 saturated heterocycles. The minimum absolute atomic E-state index is 0.0153. The summed E-state index contributed by atoms with van der Waals surface area (Å²) in [7, 11) is -3.87. The number of esters is 1. The first-order chi connectivity index (χ1) is 20.7. The van der Waals surface area contributed by atoms with E-state index in [1.54, 1.807) is 20.8 Å². The van der Waals surface area contributed by atoms with E-state index in [0.717, 1.165) is 32.2 Å². The van der Waals surface area contributed by atoms with Crippen LogP contribution in [0.1, 0.15) is 68.7 Å². The Morgan fingerprint density at radius 2 is 1.89 bits per heavy atom. The van der Waals surface area contributed by atoms with Gasteiger partial charge in [0.15, 0.2) is 6.29 Å². The number of carbonyl (C=O) groups excluding carboxylic acids is 2. The van der Waals surface area contributed by atoms with Gasteiger partial charge >= 0.3 is 12.0 Å². The molecule has 13 nitrogen and oxygen atoms in total. The van der Waals surface area contributed by atoms with Gasteiger partial charge in [-0.1, -0.05) is 0 Å². The van der Waals surface area contributed by atoms with Gasteiger partial charge in [0.05, 0.1) is 26.9 Å². The predicted octanol–water partition coefficient (Wildman–Crippen LogP) is 4.61. The molecule has 0 saturated carbocycles. The second-order valence-corrected chi connectivity index (χ2v) is 15.6. The smallest absolute Gasteiger partial charge is 0.341 e. The number of non-ortho nitro benzene ring substituents is 1. The predicted molar refractivity (Wildman–Crippen MR) is 163 cm³/mol. The minimum Gasteiger partial charge on any atom is -0.456 e. The molecular formula is C28H32N4O9S3. The fourth-order valence-corrected chi connectivity index (χ4v) is 9.05. The lowest BCUT2D eigenvalue weighted by molar-refractivity contribution is -0.384. The van der Waals surface area contributed by atoms with Crippen molar-refractivity contribution in [2.45, 2.75) is 70.4 Å². The number of hydrogen-bond donors (Lipinski definition) is 3. The van der Waals surface area contributed by atoms with E-state index in [4.69, 9.17) is 9.47 Å². The highest BCUT2D eigenvalue weighted by molar-refractivity contribution is 7.89. The molecule has 236 valence electrons. The van der Waals surface area contributed by atoms with Crippen LogP contribution in [0.2, 0.25) is 0 Å². The maximum atomic E-state index is 13.2. The van der Waals surface area contributed by atoms with E-state index in [1.165, 1.54) is 39.9 Å². The number of urea groups is 1. The largest absolute Gasteiger partial charge is 0.456 e. The van der Waals surface area contributed by atoms with Gasteiger partial charge < -0.3 is 19.9 Å². The quantitative estimate of drug-likeness (QED) is 0.185. The Morgan fingerprint density at radius 3 is 2.55 bits per heavy atom. The van der Waals surface area contributed by atoms with Gasteiger partial charge in [0.25, 0.3) is 5.69 Å². The lowest BCUT2D eigenvalue weighted by Gasteiger charge is -2.26. The number of benzene rings is 1. The summed E-state index contributed by atoms with van der Waals surface area (Å²) in [5.74, 6) is -0.601. The van der Waals surface area contributed by atoms with Crippen LogP contribution < -0.4 is 10.6 Å². The van der Waals surface area contributed by atoms with Crippen LogP contribution in [0.15, 0.2) is 29.2 Å². The van der Waals surface area contributed by atoms with Crippen molar-refractivity contribution >= 4 is 55.4 Å². The number of anilines is 1. The highest BCUT2D eigenvalue weighted by Crippen LogP contribution is 2.41. The van der Waals surface area contributed by atoms with Gasteiger partial charge in [-0.25, -0.2) is 18.0 Å². The van der Waals surface area contributed by atoms with E-state index in [1.807, 2.05) is 6.92 Å². The zero-order valence-corrected chi connectivity index (χ0v) is 26.9. The van der Waals surface area contributed by atoms with Crippen molar-refractivity contribution < 1.29 is 37.5 Å². The molecule has 0 fully saturated rings. The monoisotopic (exact) mass is 664 g/mol. The average molecular weight is 665 g/mol. The summed E-state index contributed by atoms with van der Waals surface area (Å²) >= 11 is 2.52. The molecular weight excluding hydrogens is 633 g/mol. The topological polar surface area (TPSA) is 177 Å². The maximum Gasteiger partial charge on any atom is 0.341 e. The van der Waals surface area contributed by atoms with Crippen molar-refractivity contribution in [3.63, 3.8) is 0 Å². The molecule has 0 radical (unpaired) electrons. The van der Waals surface area contributed by atoms with Gasteiger partial charge in [0, 0.05) is 41.5 Å². The first-order valence-corrected chi connectivity index (χ1v) is 16.8. The van der Waals surface area contributed by atoms with Crippen LogP contribution in [0.4, 0.5) is 15.5 Å². The summed E-state index contributed by atoms with van der Waals surface area (Å²) in [6.07, 6.45) is -0.381. The van der Waals surface area contributed by atoms with E-state index in [-0.39, 0.29) is 47.4 Å². The number of aryl methyl sites for hydroxylation is 1. The third kappa shape index (κ3) is 6.50. The van der Waals surface area contributed by atoms with Crippen molar-refractivity contribution in [2.75, 3.05) is 18.5 Å². The number of aliphatic hydroxyl groups is 1. The number of nitrogens with zero attached hydrogens (tertiary/aromatic N) is 2. The first kappa shape index (κ1) is 32.0. The second kappa shape index (κ2) is 12.2. The third-order valence-electron chi connectivity index (χ3n) is 7.16. The van der Waals surface area contributed by atoms with E-state index in [9.17, 15) is 33.2 Å². The van der Waals surface area contributed by atoms with Crippen LogP contribution in [-0.2, 0) is 45.4 Å². The molecule has 2 aliphatic rings. The maximum absolute atomic E-state index is 13.2. The van der Waals surface area contributed by atoms with Gasteiger partial charge in [-0.3, -0.25) is 15.4 Å². The molecule has 3 aromatic rings. The Labute approximate surface area is 262 Å². The Bertz CT molecular complexity index is 1720. The molecule has 0 spiro atoms. The molecule has 2 aliphatic heterocycles. The SMILES string of the molecule is Cc1sc2c(c1CNC(=O)Nc1sc3c(c1C(=O)OC(C)(C)C)CCOC3O)CCN(S(=O)(=O)c1ccc([N+](=O)[O-])cc1)C2. The molecule has 5 rings (SSSR count). The van der Waals surface area contributed by atoms with E-state index >= 15 is 0 Å². The summed E-state index contributed by atoms with van der Waals surface area (Å²) < 4.78 is 38.7. The van der Waals surface area contributed by atoms with Crippen molar-refractivity contribution in [3.8, 4) is 0 Å². The number of amides is 2. The highest BCUT2D eigenvalue weighted by atomic mass is 32.2. The lowest BCUT2D eigenvalue weighted by atomic mass is 10.0. The fourth-order valence-electron chi connectivity index (χ4n) is 5.14. The number of ether oxygens (including phenoxy) is 2. The Hall–Kier alpha value is -3.41. The number of fused-ring (bicyclic) bond motifs is 2. The van der Waals surface area contributed by atoms with Gasteiger partial charge in [-0.15, -0.1) is 22.7 Å². The highest BCUT2D eigenvalue weighted by Gasteiger charge is 2.34. The number of rotatable bonds is 7.